The first-order valence-corrected chi connectivity index (χ1v) is 5.35. The zero-order valence-electron chi connectivity index (χ0n) is 7.59. The molecule has 0 aliphatic carbocycles. The van der Waals surface area contributed by atoms with Gasteiger partial charge in [-0.25, -0.2) is 0 Å². The molecule has 2 N–H and O–H groups in total. The third-order valence-electron chi connectivity index (χ3n) is 1.99. The Morgan fingerprint density at radius 2 is 2.50 bits per heavy atom. The summed E-state index contributed by atoms with van der Waals surface area (Å²) in [5.41, 5.74) is 0. The SMILES string of the molecule is CNC(=O)CC1NC(C)CCS1. The summed E-state index contributed by atoms with van der Waals surface area (Å²) >= 11 is 1.84. The van der Waals surface area contributed by atoms with Crippen LogP contribution < -0.4 is 10.6 Å². The second-order valence-electron chi connectivity index (χ2n) is 3.09. The number of hydrogen-bond donors (Lipinski definition) is 2. The Morgan fingerprint density at radius 1 is 1.75 bits per heavy atom. The van der Waals surface area contributed by atoms with Crippen LogP contribution in [0.4, 0.5) is 0 Å². The number of nitrogens with one attached hydrogen (secondary N) is 2. The third kappa shape index (κ3) is 3.03. The van der Waals surface area contributed by atoms with E-state index in [2.05, 4.69) is 17.6 Å². The van der Waals surface area contributed by atoms with Crippen molar-refractivity contribution in [1.82, 2.24) is 10.6 Å². The number of carbonyl (C=O) groups excluding carboxylic acids is 1. The lowest BCUT2D eigenvalue weighted by Gasteiger charge is -2.27. The van der Waals surface area contributed by atoms with E-state index in [1.165, 1.54) is 6.42 Å². The summed E-state index contributed by atoms with van der Waals surface area (Å²) in [6.07, 6.45) is 1.79. The molecule has 2 atom stereocenters. The molecule has 0 bridgehead atoms. The lowest BCUT2D eigenvalue weighted by Crippen LogP contribution is -2.41. The molecule has 0 aromatic rings. The average Bonchev–Trinajstić information content (AvgIpc) is 2.04. The number of carbonyl (C=O) groups is 1. The maximum absolute atomic E-state index is 11.0. The Hall–Kier alpha value is -0.220. The molecule has 0 radical (unpaired) electrons. The summed E-state index contributed by atoms with van der Waals surface area (Å²) in [7, 11) is 1.68. The van der Waals surface area contributed by atoms with E-state index in [1.807, 2.05) is 11.8 Å². The van der Waals surface area contributed by atoms with Crippen LogP contribution in [0.5, 0.6) is 0 Å². The van der Waals surface area contributed by atoms with Crippen LogP contribution in [0.3, 0.4) is 0 Å². The van der Waals surface area contributed by atoms with Crippen molar-refractivity contribution in [2.45, 2.75) is 31.2 Å². The maximum atomic E-state index is 11.0. The molecule has 0 spiro atoms. The fraction of sp³-hybridized carbons (Fsp3) is 0.875. The number of hydrogen-bond acceptors (Lipinski definition) is 3. The van der Waals surface area contributed by atoms with Crippen LogP contribution in [0, 0.1) is 0 Å². The fourth-order valence-electron chi connectivity index (χ4n) is 1.22. The molecule has 3 nitrogen and oxygen atoms in total. The quantitative estimate of drug-likeness (QED) is 0.665. The minimum absolute atomic E-state index is 0.120. The molecule has 4 heteroatoms. The van der Waals surface area contributed by atoms with Crippen LogP contribution >= 0.6 is 11.8 Å². The smallest absolute Gasteiger partial charge is 0.222 e. The summed E-state index contributed by atoms with van der Waals surface area (Å²) < 4.78 is 0. The minimum atomic E-state index is 0.120. The zero-order chi connectivity index (χ0) is 8.97. The molecule has 70 valence electrons. The van der Waals surface area contributed by atoms with Crippen LogP contribution in [0.2, 0.25) is 0 Å². The Kier molecular flexibility index (Phi) is 3.88. The first-order chi connectivity index (χ1) is 5.72. The number of amides is 1. The Morgan fingerprint density at radius 3 is 3.08 bits per heavy atom. The maximum Gasteiger partial charge on any atom is 0.222 e. The molecule has 1 heterocycles. The topological polar surface area (TPSA) is 41.1 Å². The van der Waals surface area contributed by atoms with Gasteiger partial charge in [-0.15, -0.1) is 11.8 Å². The third-order valence-corrected chi connectivity index (χ3v) is 3.17. The van der Waals surface area contributed by atoms with E-state index in [4.69, 9.17) is 0 Å². The Labute approximate surface area is 77.7 Å². The van der Waals surface area contributed by atoms with Crippen molar-refractivity contribution in [1.29, 1.82) is 0 Å². The highest BCUT2D eigenvalue weighted by Crippen LogP contribution is 2.20. The van der Waals surface area contributed by atoms with Gasteiger partial charge in [0.2, 0.25) is 5.91 Å². The summed E-state index contributed by atoms with van der Waals surface area (Å²) in [4.78, 5) is 11.0. The Bertz CT molecular complexity index is 163. The molecule has 1 aliphatic rings. The molecule has 1 aliphatic heterocycles. The van der Waals surface area contributed by atoms with Crippen molar-refractivity contribution in [3.05, 3.63) is 0 Å². The van der Waals surface area contributed by atoms with Crippen molar-refractivity contribution < 1.29 is 4.79 Å². The first kappa shape index (κ1) is 9.86. The standard InChI is InChI=1S/C8H16N2OS/c1-6-3-4-12-8(10-6)5-7(11)9-2/h6,8,10H,3-5H2,1-2H3,(H,9,11). The number of thioether (sulfide) groups is 1. The van der Waals surface area contributed by atoms with Crippen LogP contribution in [0.15, 0.2) is 0 Å². The van der Waals surface area contributed by atoms with E-state index < -0.39 is 0 Å². The normalized spacial score (nSPS) is 29.8. The summed E-state index contributed by atoms with van der Waals surface area (Å²) in [5.74, 6) is 1.28. The van der Waals surface area contributed by atoms with Gasteiger partial charge in [-0.3, -0.25) is 4.79 Å². The van der Waals surface area contributed by atoms with Crippen molar-refractivity contribution in [3.63, 3.8) is 0 Å². The predicted octanol–water partition coefficient (Wildman–Crippen LogP) is 0.564. The summed E-state index contributed by atoms with van der Waals surface area (Å²) in [5, 5.41) is 6.33. The van der Waals surface area contributed by atoms with Gasteiger partial charge in [0.15, 0.2) is 0 Å². The predicted molar refractivity (Wildman–Crippen MR) is 52.1 cm³/mol. The lowest BCUT2D eigenvalue weighted by atomic mass is 10.2. The van der Waals surface area contributed by atoms with Gasteiger partial charge in [0.05, 0.1) is 11.8 Å². The van der Waals surface area contributed by atoms with E-state index in [9.17, 15) is 4.79 Å². The minimum Gasteiger partial charge on any atom is -0.359 e. The summed E-state index contributed by atoms with van der Waals surface area (Å²) in [6, 6.07) is 0.556. The Balaban J connectivity index is 2.27. The van der Waals surface area contributed by atoms with Gasteiger partial charge in [-0.2, -0.15) is 0 Å². The number of rotatable bonds is 2. The molecule has 0 saturated carbocycles. The highest BCUT2D eigenvalue weighted by atomic mass is 32.2. The average molecular weight is 188 g/mol. The van der Waals surface area contributed by atoms with Crippen molar-refractivity contribution in [2.75, 3.05) is 12.8 Å². The molecule has 1 fully saturated rings. The lowest BCUT2D eigenvalue weighted by molar-refractivity contribution is -0.120. The van der Waals surface area contributed by atoms with Crippen molar-refractivity contribution in [2.24, 2.45) is 0 Å². The van der Waals surface area contributed by atoms with Crippen molar-refractivity contribution in [3.8, 4) is 0 Å². The van der Waals surface area contributed by atoms with Gasteiger partial charge in [0, 0.05) is 13.1 Å². The second kappa shape index (κ2) is 4.72. The highest BCUT2D eigenvalue weighted by molar-refractivity contribution is 7.99. The monoisotopic (exact) mass is 188 g/mol. The molecule has 1 saturated heterocycles. The van der Waals surface area contributed by atoms with E-state index in [0.717, 1.165) is 5.75 Å². The molecular weight excluding hydrogens is 172 g/mol. The van der Waals surface area contributed by atoms with E-state index in [-0.39, 0.29) is 5.91 Å². The van der Waals surface area contributed by atoms with Gasteiger partial charge < -0.3 is 10.6 Å². The van der Waals surface area contributed by atoms with E-state index >= 15 is 0 Å². The van der Waals surface area contributed by atoms with Crippen molar-refractivity contribution >= 4 is 17.7 Å². The first-order valence-electron chi connectivity index (χ1n) is 4.30. The molecule has 1 rings (SSSR count). The van der Waals surface area contributed by atoms with Gasteiger partial charge in [-0.1, -0.05) is 0 Å². The fourth-order valence-corrected chi connectivity index (χ4v) is 2.60. The van der Waals surface area contributed by atoms with Crippen LogP contribution in [-0.2, 0) is 4.79 Å². The van der Waals surface area contributed by atoms with Crippen LogP contribution in [-0.4, -0.2) is 30.1 Å². The van der Waals surface area contributed by atoms with Gasteiger partial charge in [0.1, 0.15) is 0 Å². The molecule has 12 heavy (non-hydrogen) atoms. The highest BCUT2D eigenvalue weighted by Gasteiger charge is 2.19. The van der Waals surface area contributed by atoms with Crippen LogP contribution in [0.1, 0.15) is 19.8 Å². The molecule has 0 aromatic heterocycles. The van der Waals surface area contributed by atoms with E-state index in [1.54, 1.807) is 7.05 Å². The van der Waals surface area contributed by atoms with E-state index in [0.29, 0.717) is 17.8 Å². The second-order valence-corrected chi connectivity index (χ2v) is 4.40. The van der Waals surface area contributed by atoms with Gasteiger partial charge in [0.25, 0.3) is 0 Å². The molecule has 1 amide bonds. The summed E-state index contributed by atoms with van der Waals surface area (Å²) in [6.45, 7) is 2.16. The van der Waals surface area contributed by atoms with Gasteiger partial charge in [-0.05, 0) is 19.1 Å². The largest absolute Gasteiger partial charge is 0.359 e. The molecule has 2 unspecified atom stereocenters. The zero-order valence-corrected chi connectivity index (χ0v) is 8.41. The van der Waals surface area contributed by atoms with Gasteiger partial charge >= 0.3 is 0 Å². The molecule has 0 aromatic carbocycles. The van der Waals surface area contributed by atoms with Crippen LogP contribution in [0.25, 0.3) is 0 Å². The molecular formula is C8H16N2OS.